The third-order valence-electron chi connectivity index (χ3n) is 5.81. The minimum atomic E-state index is 0.0217. The molecular formula is C24H27NO2. The van der Waals surface area contributed by atoms with Crippen molar-refractivity contribution < 1.29 is 9.52 Å². The lowest BCUT2D eigenvalue weighted by Gasteiger charge is -2.41. The van der Waals surface area contributed by atoms with Crippen LogP contribution in [0.4, 0.5) is 0 Å². The van der Waals surface area contributed by atoms with E-state index >= 15 is 0 Å². The van der Waals surface area contributed by atoms with Crippen molar-refractivity contribution in [1.82, 2.24) is 4.90 Å². The van der Waals surface area contributed by atoms with Crippen molar-refractivity contribution in [2.75, 3.05) is 19.7 Å². The zero-order valence-electron chi connectivity index (χ0n) is 15.7. The first-order chi connectivity index (χ1) is 13.3. The van der Waals surface area contributed by atoms with Gasteiger partial charge >= 0.3 is 0 Å². The number of aliphatic hydroxyl groups is 1. The lowest BCUT2D eigenvalue weighted by molar-refractivity contribution is 0.0414. The van der Waals surface area contributed by atoms with Crippen LogP contribution in [0.15, 0.2) is 77.4 Å². The van der Waals surface area contributed by atoms with Crippen LogP contribution in [0.25, 0.3) is 11.3 Å². The van der Waals surface area contributed by atoms with Gasteiger partial charge in [-0.15, -0.1) is 0 Å². The van der Waals surface area contributed by atoms with Crippen LogP contribution < -0.4 is 0 Å². The second kappa shape index (κ2) is 8.12. The molecule has 1 aliphatic heterocycles. The van der Waals surface area contributed by atoms with Gasteiger partial charge in [0.15, 0.2) is 0 Å². The van der Waals surface area contributed by atoms with Crippen molar-refractivity contribution in [2.24, 2.45) is 5.41 Å². The molecule has 0 bridgehead atoms. The second-order valence-electron chi connectivity index (χ2n) is 7.77. The molecule has 1 aromatic heterocycles. The molecule has 1 aliphatic rings. The molecule has 140 valence electrons. The number of nitrogens with zero attached hydrogens (tertiary/aromatic N) is 1. The van der Waals surface area contributed by atoms with Gasteiger partial charge in [-0.05, 0) is 67.1 Å². The molecule has 3 nitrogen and oxygen atoms in total. The minimum Gasteiger partial charge on any atom is -0.464 e. The molecule has 1 fully saturated rings. The second-order valence-corrected chi connectivity index (χ2v) is 7.77. The average molecular weight is 361 g/mol. The number of furan rings is 1. The Hall–Kier alpha value is -2.36. The topological polar surface area (TPSA) is 36.6 Å². The highest BCUT2D eigenvalue weighted by atomic mass is 16.3. The van der Waals surface area contributed by atoms with Crippen molar-refractivity contribution >= 4 is 0 Å². The van der Waals surface area contributed by atoms with Gasteiger partial charge < -0.3 is 9.52 Å². The molecule has 0 unspecified atom stereocenters. The van der Waals surface area contributed by atoms with Crippen molar-refractivity contribution in [3.8, 4) is 11.3 Å². The molecule has 1 saturated heterocycles. The monoisotopic (exact) mass is 361 g/mol. The van der Waals surface area contributed by atoms with Crippen LogP contribution in [-0.4, -0.2) is 29.7 Å². The van der Waals surface area contributed by atoms with E-state index in [2.05, 4.69) is 59.5 Å². The SMILES string of the molecule is OCC1(Cc2ccccc2)CCN(Cc2cccc(-c3ccco3)c2)CC1. The van der Waals surface area contributed by atoms with Crippen molar-refractivity contribution in [3.05, 3.63) is 84.1 Å². The molecule has 0 atom stereocenters. The maximum Gasteiger partial charge on any atom is 0.133 e. The van der Waals surface area contributed by atoms with Crippen LogP contribution in [0, 0.1) is 5.41 Å². The van der Waals surface area contributed by atoms with E-state index < -0.39 is 0 Å². The van der Waals surface area contributed by atoms with E-state index in [1.54, 1.807) is 6.26 Å². The van der Waals surface area contributed by atoms with E-state index in [0.717, 1.165) is 50.2 Å². The summed E-state index contributed by atoms with van der Waals surface area (Å²) >= 11 is 0. The van der Waals surface area contributed by atoms with Crippen LogP contribution in [0.2, 0.25) is 0 Å². The highest BCUT2D eigenvalue weighted by molar-refractivity contribution is 5.58. The van der Waals surface area contributed by atoms with E-state index in [9.17, 15) is 5.11 Å². The third kappa shape index (κ3) is 4.32. The maximum absolute atomic E-state index is 10.1. The van der Waals surface area contributed by atoms with Crippen molar-refractivity contribution in [1.29, 1.82) is 0 Å². The highest BCUT2D eigenvalue weighted by Crippen LogP contribution is 2.35. The van der Waals surface area contributed by atoms with Crippen molar-refractivity contribution in [3.63, 3.8) is 0 Å². The predicted molar refractivity (Wildman–Crippen MR) is 108 cm³/mol. The van der Waals surface area contributed by atoms with E-state index in [0.29, 0.717) is 0 Å². The molecule has 1 N–H and O–H groups in total. The largest absolute Gasteiger partial charge is 0.464 e. The Balaban J connectivity index is 1.38. The van der Waals surface area contributed by atoms with Gasteiger partial charge in [-0.2, -0.15) is 0 Å². The van der Waals surface area contributed by atoms with E-state index in [1.807, 2.05) is 12.1 Å². The van der Waals surface area contributed by atoms with Gasteiger partial charge in [0.2, 0.25) is 0 Å². The molecule has 0 saturated carbocycles. The summed E-state index contributed by atoms with van der Waals surface area (Å²) in [7, 11) is 0. The summed E-state index contributed by atoms with van der Waals surface area (Å²) < 4.78 is 5.52. The standard InChI is InChI=1S/C24H27NO2/c26-19-24(17-20-6-2-1-3-7-20)11-13-25(14-12-24)18-21-8-4-9-22(16-21)23-10-5-15-27-23/h1-10,15-16,26H,11-14,17-19H2. The summed E-state index contributed by atoms with van der Waals surface area (Å²) in [5.74, 6) is 0.914. The first-order valence-electron chi connectivity index (χ1n) is 9.76. The number of aliphatic hydroxyl groups excluding tert-OH is 1. The fraction of sp³-hybridized carbons (Fsp3) is 0.333. The van der Waals surface area contributed by atoms with Crippen LogP contribution in [0.3, 0.4) is 0 Å². The smallest absolute Gasteiger partial charge is 0.133 e. The van der Waals surface area contributed by atoms with Crippen molar-refractivity contribution in [2.45, 2.75) is 25.8 Å². The van der Waals surface area contributed by atoms with Gasteiger partial charge in [-0.1, -0.05) is 48.5 Å². The quantitative estimate of drug-likeness (QED) is 0.687. The third-order valence-corrected chi connectivity index (χ3v) is 5.81. The van der Waals surface area contributed by atoms with Crippen LogP contribution in [0.5, 0.6) is 0 Å². The molecule has 2 heterocycles. The predicted octanol–water partition coefficient (Wildman–Crippen LogP) is 4.76. The summed E-state index contributed by atoms with van der Waals surface area (Å²) in [4.78, 5) is 2.50. The Morgan fingerprint density at radius 2 is 1.67 bits per heavy atom. The number of benzene rings is 2. The Labute approximate surface area is 161 Å². The molecule has 3 heteroatoms. The van der Waals surface area contributed by atoms with Crippen LogP contribution in [0.1, 0.15) is 24.0 Å². The normalized spacial score (nSPS) is 17.1. The van der Waals surface area contributed by atoms with Crippen LogP contribution >= 0.6 is 0 Å². The lowest BCUT2D eigenvalue weighted by atomic mass is 9.74. The summed E-state index contributed by atoms with van der Waals surface area (Å²) in [6.07, 6.45) is 4.76. The molecule has 3 aromatic rings. The fourth-order valence-corrected chi connectivity index (χ4v) is 4.13. The molecule has 0 aliphatic carbocycles. The van der Waals surface area contributed by atoms with E-state index in [4.69, 9.17) is 4.42 Å². The molecule has 2 aromatic carbocycles. The molecule has 4 rings (SSSR count). The first-order valence-corrected chi connectivity index (χ1v) is 9.76. The number of hydrogen-bond donors (Lipinski definition) is 1. The summed E-state index contributed by atoms with van der Waals surface area (Å²) in [6.45, 7) is 3.27. The number of hydrogen-bond acceptors (Lipinski definition) is 3. The van der Waals surface area contributed by atoms with E-state index in [1.165, 1.54) is 11.1 Å². The van der Waals surface area contributed by atoms with Gasteiger partial charge in [-0.3, -0.25) is 4.90 Å². The van der Waals surface area contributed by atoms with Crippen LogP contribution in [-0.2, 0) is 13.0 Å². The molecule has 0 amide bonds. The Kier molecular flexibility index (Phi) is 5.42. The fourth-order valence-electron chi connectivity index (χ4n) is 4.13. The first kappa shape index (κ1) is 18.0. The van der Waals surface area contributed by atoms with Gasteiger partial charge in [0, 0.05) is 18.7 Å². The zero-order valence-corrected chi connectivity index (χ0v) is 15.7. The summed E-state index contributed by atoms with van der Waals surface area (Å²) in [6, 6.07) is 23.1. The minimum absolute atomic E-state index is 0.0217. The maximum atomic E-state index is 10.1. The number of likely N-dealkylation sites (tertiary alicyclic amines) is 1. The van der Waals surface area contributed by atoms with Gasteiger partial charge in [0.1, 0.15) is 5.76 Å². The zero-order chi connectivity index (χ0) is 18.5. The Morgan fingerprint density at radius 1 is 0.889 bits per heavy atom. The lowest BCUT2D eigenvalue weighted by Crippen LogP contribution is -2.42. The Bertz CT molecular complexity index is 834. The van der Waals surface area contributed by atoms with Gasteiger partial charge in [0.25, 0.3) is 0 Å². The summed E-state index contributed by atoms with van der Waals surface area (Å²) in [5, 5.41) is 10.1. The molecule has 0 spiro atoms. The summed E-state index contributed by atoms with van der Waals surface area (Å²) in [5.41, 5.74) is 3.78. The van der Waals surface area contributed by atoms with Gasteiger partial charge in [-0.25, -0.2) is 0 Å². The highest BCUT2D eigenvalue weighted by Gasteiger charge is 2.34. The number of piperidine rings is 1. The number of rotatable bonds is 6. The molecule has 27 heavy (non-hydrogen) atoms. The van der Waals surface area contributed by atoms with Gasteiger partial charge in [0.05, 0.1) is 6.26 Å². The average Bonchev–Trinajstić information content (AvgIpc) is 3.26. The van der Waals surface area contributed by atoms with E-state index in [-0.39, 0.29) is 12.0 Å². The molecule has 0 radical (unpaired) electrons. The Morgan fingerprint density at radius 3 is 2.37 bits per heavy atom. The molecular weight excluding hydrogens is 334 g/mol.